The molecule has 0 spiro atoms. The summed E-state index contributed by atoms with van der Waals surface area (Å²) in [5, 5.41) is 2.82. The smallest absolute Gasteiger partial charge is 0.319 e. The predicted octanol–water partition coefficient (Wildman–Crippen LogP) is 1.87. The molecule has 1 aromatic heterocycles. The van der Waals surface area contributed by atoms with Crippen LogP contribution in [0.3, 0.4) is 0 Å². The Morgan fingerprint density at radius 3 is 2.65 bits per heavy atom. The summed E-state index contributed by atoms with van der Waals surface area (Å²) in [6, 6.07) is -0.406. The highest BCUT2D eigenvalue weighted by molar-refractivity contribution is 5.81. The number of hydrogen-bond acceptors (Lipinski definition) is 3. The number of halogens is 2. The average Bonchev–Trinajstić information content (AvgIpc) is 2.83. The molecule has 0 aliphatic heterocycles. The van der Waals surface area contributed by atoms with Crippen LogP contribution >= 0.6 is 0 Å². The molecule has 1 rings (SSSR count). The van der Waals surface area contributed by atoms with Crippen molar-refractivity contribution in [1.29, 1.82) is 0 Å². The van der Waals surface area contributed by atoms with Crippen LogP contribution in [-0.2, 0) is 11.3 Å². The van der Waals surface area contributed by atoms with E-state index < -0.39 is 12.6 Å². The van der Waals surface area contributed by atoms with Gasteiger partial charge in [-0.15, -0.1) is 0 Å². The van der Waals surface area contributed by atoms with Gasteiger partial charge in [-0.05, 0) is 19.9 Å². The van der Waals surface area contributed by atoms with Crippen LogP contribution in [0.5, 0.6) is 0 Å². The van der Waals surface area contributed by atoms with Crippen LogP contribution < -0.4 is 5.32 Å². The number of rotatable bonds is 7. The van der Waals surface area contributed by atoms with Crippen LogP contribution in [0.25, 0.3) is 0 Å². The molecule has 114 valence electrons. The summed E-state index contributed by atoms with van der Waals surface area (Å²) < 4.78 is 26.2. The number of amides is 1. The molecule has 20 heavy (non-hydrogen) atoms. The van der Waals surface area contributed by atoms with Crippen molar-refractivity contribution in [1.82, 2.24) is 19.8 Å². The van der Waals surface area contributed by atoms with E-state index in [1.54, 1.807) is 18.9 Å². The van der Waals surface area contributed by atoms with Gasteiger partial charge in [0.2, 0.25) is 5.91 Å². The Labute approximate surface area is 118 Å². The highest BCUT2D eigenvalue weighted by Gasteiger charge is 2.20. The van der Waals surface area contributed by atoms with Crippen molar-refractivity contribution in [2.45, 2.75) is 39.9 Å². The fourth-order valence-electron chi connectivity index (χ4n) is 1.66. The molecule has 0 saturated carbocycles. The van der Waals surface area contributed by atoms with E-state index in [1.165, 1.54) is 12.4 Å². The zero-order chi connectivity index (χ0) is 15.3. The number of hydrogen-bond donors (Lipinski definition) is 1. The van der Waals surface area contributed by atoms with Crippen LogP contribution in [0.2, 0.25) is 0 Å². The van der Waals surface area contributed by atoms with Crippen LogP contribution in [0.15, 0.2) is 12.4 Å². The van der Waals surface area contributed by atoms with E-state index in [1.807, 2.05) is 13.8 Å². The van der Waals surface area contributed by atoms with Crippen molar-refractivity contribution in [2.75, 3.05) is 13.6 Å². The number of carbonyl (C=O) groups excluding carboxylic acids is 1. The van der Waals surface area contributed by atoms with Crippen LogP contribution in [0, 0.1) is 5.92 Å². The summed E-state index contributed by atoms with van der Waals surface area (Å²) in [5.41, 5.74) is 0. The molecule has 0 saturated heterocycles. The SMILES string of the molecule is CC(C)CNC(=O)[C@H](C)N(C)Cc1nccn1C(F)F. The normalized spacial score (nSPS) is 13.2. The molecule has 1 amide bonds. The fraction of sp³-hybridized carbons (Fsp3) is 0.692. The second-order valence-corrected chi connectivity index (χ2v) is 5.26. The van der Waals surface area contributed by atoms with Crippen LogP contribution in [0.4, 0.5) is 8.78 Å². The lowest BCUT2D eigenvalue weighted by Crippen LogP contribution is -2.44. The molecule has 0 bridgehead atoms. The van der Waals surface area contributed by atoms with Crippen molar-refractivity contribution in [2.24, 2.45) is 5.92 Å². The van der Waals surface area contributed by atoms with Crippen molar-refractivity contribution in [3.05, 3.63) is 18.2 Å². The number of nitrogens with one attached hydrogen (secondary N) is 1. The summed E-state index contributed by atoms with van der Waals surface area (Å²) >= 11 is 0. The Bertz CT molecular complexity index is 434. The van der Waals surface area contributed by atoms with Gasteiger partial charge in [0, 0.05) is 18.9 Å². The first-order chi connectivity index (χ1) is 9.32. The van der Waals surface area contributed by atoms with Gasteiger partial charge in [-0.3, -0.25) is 14.3 Å². The predicted molar refractivity (Wildman–Crippen MR) is 72.3 cm³/mol. The van der Waals surface area contributed by atoms with Gasteiger partial charge >= 0.3 is 6.55 Å². The van der Waals surface area contributed by atoms with Crippen molar-refractivity contribution in [3.63, 3.8) is 0 Å². The second-order valence-electron chi connectivity index (χ2n) is 5.26. The first-order valence-electron chi connectivity index (χ1n) is 6.60. The second kappa shape index (κ2) is 7.33. The minimum Gasteiger partial charge on any atom is -0.354 e. The Morgan fingerprint density at radius 1 is 1.45 bits per heavy atom. The van der Waals surface area contributed by atoms with Crippen LogP contribution in [-0.4, -0.2) is 40.0 Å². The minimum atomic E-state index is -2.62. The summed E-state index contributed by atoms with van der Waals surface area (Å²) in [6.45, 7) is 3.93. The van der Waals surface area contributed by atoms with Gasteiger partial charge in [-0.25, -0.2) is 4.98 Å². The highest BCUT2D eigenvalue weighted by Crippen LogP contribution is 2.14. The molecule has 1 atom stereocenters. The molecule has 0 aliphatic rings. The van der Waals surface area contributed by atoms with Gasteiger partial charge in [-0.1, -0.05) is 13.8 Å². The summed E-state index contributed by atoms with van der Waals surface area (Å²) in [5.74, 6) is 0.497. The standard InChI is InChI=1S/C13H22F2N4O/c1-9(2)7-17-12(20)10(3)18(4)8-11-16-5-6-19(11)13(14)15/h5-6,9-10,13H,7-8H2,1-4H3,(H,17,20)/t10-/m0/s1. The van der Waals surface area contributed by atoms with Gasteiger partial charge in [0.25, 0.3) is 0 Å². The first kappa shape index (κ1) is 16.6. The fourth-order valence-corrected chi connectivity index (χ4v) is 1.66. The van der Waals surface area contributed by atoms with E-state index in [0.717, 1.165) is 4.57 Å². The van der Waals surface area contributed by atoms with E-state index in [9.17, 15) is 13.6 Å². The van der Waals surface area contributed by atoms with Gasteiger partial charge in [0.1, 0.15) is 5.82 Å². The molecular formula is C13H22F2N4O. The Morgan fingerprint density at radius 2 is 2.10 bits per heavy atom. The molecule has 7 heteroatoms. The molecule has 1 N–H and O–H groups in total. The third-order valence-electron chi connectivity index (χ3n) is 3.08. The lowest BCUT2D eigenvalue weighted by atomic mass is 10.2. The van der Waals surface area contributed by atoms with Crippen molar-refractivity contribution >= 4 is 5.91 Å². The number of alkyl halides is 2. The van der Waals surface area contributed by atoms with Gasteiger partial charge in [-0.2, -0.15) is 8.78 Å². The van der Waals surface area contributed by atoms with Crippen molar-refractivity contribution < 1.29 is 13.6 Å². The van der Waals surface area contributed by atoms with Crippen molar-refractivity contribution in [3.8, 4) is 0 Å². The van der Waals surface area contributed by atoms with Gasteiger partial charge < -0.3 is 5.32 Å². The summed E-state index contributed by atoms with van der Waals surface area (Å²) in [6.07, 6.45) is 2.57. The number of carbonyl (C=O) groups is 1. The zero-order valence-electron chi connectivity index (χ0n) is 12.3. The lowest BCUT2D eigenvalue weighted by Gasteiger charge is -2.24. The van der Waals surface area contributed by atoms with Gasteiger partial charge in [0.05, 0.1) is 12.6 Å². The largest absolute Gasteiger partial charge is 0.354 e. The monoisotopic (exact) mass is 288 g/mol. The quantitative estimate of drug-likeness (QED) is 0.833. The van der Waals surface area contributed by atoms with Gasteiger partial charge in [0.15, 0.2) is 0 Å². The molecule has 1 aromatic rings. The Hall–Kier alpha value is -1.50. The molecular weight excluding hydrogens is 266 g/mol. The summed E-state index contributed by atoms with van der Waals surface area (Å²) in [7, 11) is 1.71. The zero-order valence-corrected chi connectivity index (χ0v) is 12.3. The minimum absolute atomic E-state index is 0.114. The molecule has 1 heterocycles. The maximum Gasteiger partial charge on any atom is 0.319 e. The third kappa shape index (κ3) is 4.56. The first-order valence-corrected chi connectivity index (χ1v) is 6.60. The molecule has 0 fully saturated rings. The average molecular weight is 288 g/mol. The maximum atomic E-state index is 12.7. The Balaban J connectivity index is 2.59. The number of imidazole rings is 1. The van der Waals surface area contributed by atoms with E-state index in [4.69, 9.17) is 0 Å². The molecule has 0 unspecified atom stereocenters. The van der Waals surface area contributed by atoms with Crippen LogP contribution in [0.1, 0.15) is 33.1 Å². The Kier molecular flexibility index (Phi) is 6.06. The number of nitrogens with zero attached hydrogens (tertiary/aromatic N) is 3. The van der Waals surface area contributed by atoms with E-state index in [0.29, 0.717) is 12.5 Å². The van der Waals surface area contributed by atoms with E-state index in [2.05, 4.69) is 10.3 Å². The van der Waals surface area contributed by atoms with E-state index >= 15 is 0 Å². The molecule has 5 nitrogen and oxygen atoms in total. The lowest BCUT2D eigenvalue weighted by molar-refractivity contribution is -0.125. The molecule has 0 radical (unpaired) electrons. The topological polar surface area (TPSA) is 50.2 Å². The summed E-state index contributed by atoms with van der Waals surface area (Å²) in [4.78, 5) is 17.5. The molecule has 0 aliphatic carbocycles. The highest BCUT2D eigenvalue weighted by atomic mass is 19.3. The maximum absolute atomic E-state index is 12.7. The molecule has 0 aromatic carbocycles. The third-order valence-corrected chi connectivity index (χ3v) is 3.08. The van der Waals surface area contributed by atoms with E-state index in [-0.39, 0.29) is 18.3 Å². The number of aromatic nitrogens is 2. The number of likely N-dealkylation sites (N-methyl/N-ethyl adjacent to an activating group) is 1.